The molecule has 2 aromatic rings. The number of aromatic nitrogens is 1. The molecule has 0 amide bonds. The van der Waals surface area contributed by atoms with E-state index in [1.165, 1.54) is 0 Å². The minimum atomic E-state index is -0.0169. The maximum Gasteiger partial charge on any atom is 0.122 e. The van der Waals surface area contributed by atoms with Gasteiger partial charge >= 0.3 is 0 Å². The second-order valence-electron chi connectivity index (χ2n) is 3.90. The van der Waals surface area contributed by atoms with Gasteiger partial charge in [0.1, 0.15) is 11.9 Å². The first-order valence-corrected chi connectivity index (χ1v) is 5.65. The normalized spacial score (nSPS) is 12.1. The van der Waals surface area contributed by atoms with Gasteiger partial charge in [0.15, 0.2) is 0 Å². The zero-order valence-corrected chi connectivity index (χ0v) is 9.84. The zero-order chi connectivity index (χ0) is 12.1. The van der Waals surface area contributed by atoms with E-state index in [9.17, 15) is 0 Å². The standard InChI is InChI=1S/C14H16N2O/c1-11(13-5-3-7-16-10-13)17-14-6-2-4-12(8-14)9-15/h2-8,10-11H,9,15H2,1H3. The molecule has 3 nitrogen and oxygen atoms in total. The Bertz CT molecular complexity index is 471. The Kier molecular flexibility index (Phi) is 3.73. The van der Waals surface area contributed by atoms with Gasteiger partial charge in [0.2, 0.25) is 0 Å². The lowest BCUT2D eigenvalue weighted by molar-refractivity contribution is 0.226. The lowest BCUT2D eigenvalue weighted by Gasteiger charge is -2.15. The molecule has 0 saturated heterocycles. The minimum absolute atomic E-state index is 0.0169. The summed E-state index contributed by atoms with van der Waals surface area (Å²) in [6, 6.07) is 11.8. The number of pyridine rings is 1. The Balaban J connectivity index is 2.10. The van der Waals surface area contributed by atoms with Crippen molar-refractivity contribution in [3.63, 3.8) is 0 Å². The van der Waals surface area contributed by atoms with Crippen molar-refractivity contribution in [3.05, 3.63) is 59.9 Å². The fourth-order valence-electron chi connectivity index (χ4n) is 1.63. The largest absolute Gasteiger partial charge is 0.486 e. The van der Waals surface area contributed by atoms with Gasteiger partial charge in [0.25, 0.3) is 0 Å². The number of rotatable bonds is 4. The molecule has 2 rings (SSSR count). The zero-order valence-electron chi connectivity index (χ0n) is 9.84. The minimum Gasteiger partial charge on any atom is -0.486 e. The van der Waals surface area contributed by atoms with Crippen LogP contribution in [-0.2, 0) is 6.54 Å². The second-order valence-corrected chi connectivity index (χ2v) is 3.90. The third-order valence-corrected chi connectivity index (χ3v) is 2.60. The summed E-state index contributed by atoms with van der Waals surface area (Å²) in [7, 11) is 0. The third-order valence-electron chi connectivity index (χ3n) is 2.60. The molecule has 0 saturated carbocycles. The van der Waals surface area contributed by atoms with E-state index in [-0.39, 0.29) is 6.10 Å². The molecular weight excluding hydrogens is 212 g/mol. The lowest BCUT2D eigenvalue weighted by Crippen LogP contribution is -2.04. The van der Waals surface area contributed by atoms with Gasteiger partial charge in [-0.15, -0.1) is 0 Å². The second kappa shape index (κ2) is 5.46. The molecule has 88 valence electrons. The van der Waals surface area contributed by atoms with Crippen LogP contribution in [0.1, 0.15) is 24.2 Å². The van der Waals surface area contributed by atoms with Crippen molar-refractivity contribution in [1.29, 1.82) is 0 Å². The summed E-state index contributed by atoms with van der Waals surface area (Å²) < 4.78 is 5.85. The molecular formula is C14H16N2O. The maximum atomic E-state index is 5.85. The summed E-state index contributed by atoms with van der Waals surface area (Å²) >= 11 is 0. The van der Waals surface area contributed by atoms with Gasteiger partial charge < -0.3 is 10.5 Å². The molecule has 2 N–H and O–H groups in total. The molecule has 0 bridgehead atoms. The van der Waals surface area contributed by atoms with Crippen LogP contribution in [0.15, 0.2) is 48.8 Å². The number of hydrogen-bond acceptors (Lipinski definition) is 3. The van der Waals surface area contributed by atoms with Crippen LogP contribution in [0.4, 0.5) is 0 Å². The van der Waals surface area contributed by atoms with E-state index >= 15 is 0 Å². The van der Waals surface area contributed by atoms with E-state index in [1.54, 1.807) is 6.20 Å². The molecule has 0 spiro atoms. The fourth-order valence-corrected chi connectivity index (χ4v) is 1.63. The molecule has 17 heavy (non-hydrogen) atoms. The highest BCUT2D eigenvalue weighted by molar-refractivity contribution is 5.29. The Morgan fingerprint density at radius 1 is 1.29 bits per heavy atom. The Labute approximate surface area is 101 Å². The topological polar surface area (TPSA) is 48.1 Å². The summed E-state index contributed by atoms with van der Waals surface area (Å²) in [4.78, 5) is 4.08. The van der Waals surface area contributed by atoms with Crippen LogP contribution in [0.5, 0.6) is 5.75 Å². The summed E-state index contributed by atoms with van der Waals surface area (Å²) in [6.45, 7) is 2.53. The van der Waals surface area contributed by atoms with Crippen LogP contribution < -0.4 is 10.5 Å². The Morgan fingerprint density at radius 2 is 2.18 bits per heavy atom. The molecule has 1 aromatic heterocycles. The quantitative estimate of drug-likeness (QED) is 0.875. The average Bonchev–Trinajstić information content (AvgIpc) is 2.40. The number of ether oxygens (including phenoxy) is 1. The van der Waals surface area contributed by atoms with Crippen molar-refractivity contribution in [3.8, 4) is 5.75 Å². The highest BCUT2D eigenvalue weighted by Gasteiger charge is 2.07. The van der Waals surface area contributed by atoms with Crippen molar-refractivity contribution in [2.24, 2.45) is 5.73 Å². The first-order valence-electron chi connectivity index (χ1n) is 5.65. The van der Waals surface area contributed by atoms with Gasteiger partial charge in [-0.2, -0.15) is 0 Å². The number of hydrogen-bond donors (Lipinski definition) is 1. The van der Waals surface area contributed by atoms with Crippen LogP contribution in [0.3, 0.4) is 0 Å². The van der Waals surface area contributed by atoms with Gasteiger partial charge in [0.05, 0.1) is 0 Å². The number of nitrogens with zero attached hydrogens (tertiary/aromatic N) is 1. The van der Waals surface area contributed by atoms with Crippen LogP contribution in [0, 0.1) is 0 Å². The highest BCUT2D eigenvalue weighted by atomic mass is 16.5. The summed E-state index contributed by atoms with van der Waals surface area (Å²) in [5, 5.41) is 0. The molecule has 0 radical (unpaired) electrons. The van der Waals surface area contributed by atoms with Crippen LogP contribution in [0.25, 0.3) is 0 Å². The van der Waals surface area contributed by atoms with E-state index in [4.69, 9.17) is 10.5 Å². The monoisotopic (exact) mass is 228 g/mol. The molecule has 1 atom stereocenters. The van der Waals surface area contributed by atoms with E-state index in [0.29, 0.717) is 6.54 Å². The third kappa shape index (κ3) is 3.04. The molecule has 0 aliphatic heterocycles. The van der Waals surface area contributed by atoms with Crippen LogP contribution in [-0.4, -0.2) is 4.98 Å². The number of nitrogens with two attached hydrogens (primary N) is 1. The lowest BCUT2D eigenvalue weighted by atomic mass is 10.2. The van der Waals surface area contributed by atoms with Gasteiger partial charge in [-0.05, 0) is 30.7 Å². The van der Waals surface area contributed by atoms with Crippen LogP contribution >= 0.6 is 0 Å². The molecule has 1 heterocycles. The van der Waals surface area contributed by atoms with Crippen molar-refractivity contribution in [2.75, 3.05) is 0 Å². The number of benzene rings is 1. The van der Waals surface area contributed by atoms with Crippen molar-refractivity contribution >= 4 is 0 Å². The molecule has 0 aliphatic rings. The van der Waals surface area contributed by atoms with Gasteiger partial charge in [-0.3, -0.25) is 4.98 Å². The molecule has 3 heteroatoms. The Hall–Kier alpha value is -1.87. The van der Waals surface area contributed by atoms with E-state index in [1.807, 2.05) is 49.5 Å². The first kappa shape index (κ1) is 11.6. The van der Waals surface area contributed by atoms with E-state index < -0.39 is 0 Å². The van der Waals surface area contributed by atoms with Gasteiger partial charge in [0, 0.05) is 24.5 Å². The van der Waals surface area contributed by atoms with E-state index in [2.05, 4.69) is 4.98 Å². The average molecular weight is 228 g/mol. The Morgan fingerprint density at radius 3 is 2.88 bits per heavy atom. The molecule has 0 fully saturated rings. The molecule has 1 aromatic carbocycles. The van der Waals surface area contributed by atoms with Gasteiger partial charge in [-0.1, -0.05) is 18.2 Å². The van der Waals surface area contributed by atoms with Crippen LogP contribution in [0.2, 0.25) is 0 Å². The summed E-state index contributed by atoms with van der Waals surface area (Å²) in [5.41, 5.74) is 7.73. The van der Waals surface area contributed by atoms with Crippen molar-refractivity contribution in [2.45, 2.75) is 19.6 Å². The smallest absolute Gasteiger partial charge is 0.122 e. The first-order chi connectivity index (χ1) is 8.29. The fraction of sp³-hybridized carbons (Fsp3) is 0.214. The SMILES string of the molecule is CC(Oc1cccc(CN)c1)c1cccnc1. The molecule has 1 unspecified atom stereocenters. The van der Waals surface area contributed by atoms with Gasteiger partial charge in [-0.25, -0.2) is 0 Å². The van der Waals surface area contributed by atoms with Crippen molar-refractivity contribution in [1.82, 2.24) is 4.98 Å². The predicted octanol–water partition coefficient (Wildman–Crippen LogP) is 2.68. The van der Waals surface area contributed by atoms with E-state index in [0.717, 1.165) is 16.9 Å². The van der Waals surface area contributed by atoms with Crippen molar-refractivity contribution < 1.29 is 4.74 Å². The predicted molar refractivity (Wildman–Crippen MR) is 67.6 cm³/mol. The molecule has 0 aliphatic carbocycles. The summed E-state index contributed by atoms with van der Waals surface area (Å²) in [5.74, 6) is 0.837. The highest BCUT2D eigenvalue weighted by Crippen LogP contribution is 2.21. The maximum absolute atomic E-state index is 5.85. The summed E-state index contributed by atoms with van der Waals surface area (Å²) in [6.07, 6.45) is 3.56.